The Morgan fingerprint density at radius 2 is 1.94 bits per heavy atom. The van der Waals surface area contributed by atoms with E-state index in [1.54, 1.807) is 12.1 Å². The predicted molar refractivity (Wildman–Crippen MR) is 68.4 cm³/mol. The second kappa shape index (κ2) is 6.33. The summed E-state index contributed by atoms with van der Waals surface area (Å²) < 4.78 is 0. The Morgan fingerprint density at radius 1 is 1.31 bits per heavy atom. The van der Waals surface area contributed by atoms with Gasteiger partial charge in [0.2, 0.25) is 0 Å². The zero-order chi connectivity index (χ0) is 12.0. The molecular formula is C14H21NO. The van der Waals surface area contributed by atoms with Crippen molar-refractivity contribution in [1.29, 1.82) is 0 Å². The van der Waals surface area contributed by atoms with Gasteiger partial charge in [-0.2, -0.15) is 0 Å². The minimum atomic E-state index is 0.317. The SMILES string of the molecule is C=CCC(C)C(C)NCc1ccc(O)cc1. The van der Waals surface area contributed by atoms with Crippen LogP contribution in [-0.4, -0.2) is 11.1 Å². The van der Waals surface area contributed by atoms with Crippen molar-refractivity contribution in [3.63, 3.8) is 0 Å². The zero-order valence-electron chi connectivity index (χ0n) is 10.1. The molecule has 2 unspecified atom stereocenters. The molecule has 2 N–H and O–H groups in total. The van der Waals surface area contributed by atoms with E-state index in [1.165, 1.54) is 5.56 Å². The summed E-state index contributed by atoms with van der Waals surface area (Å²) in [5, 5.41) is 12.6. The van der Waals surface area contributed by atoms with Crippen LogP contribution >= 0.6 is 0 Å². The molecule has 1 rings (SSSR count). The maximum atomic E-state index is 9.16. The molecule has 0 aliphatic heterocycles. The zero-order valence-corrected chi connectivity index (χ0v) is 10.1. The van der Waals surface area contributed by atoms with Gasteiger partial charge in [-0.3, -0.25) is 0 Å². The number of aromatic hydroxyl groups is 1. The van der Waals surface area contributed by atoms with Crippen molar-refractivity contribution >= 4 is 0 Å². The van der Waals surface area contributed by atoms with Crippen LogP contribution in [0.15, 0.2) is 36.9 Å². The van der Waals surface area contributed by atoms with E-state index in [2.05, 4.69) is 25.7 Å². The molecule has 0 radical (unpaired) electrons. The molecule has 2 heteroatoms. The monoisotopic (exact) mass is 219 g/mol. The number of benzene rings is 1. The van der Waals surface area contributed by atoms with Crippen LogP contribution in [0.25, 0.3) is 0 Å². The number of allylic oxidation sites excluding steroid dienone is 1. The maximum Gasteiger partial charge on any atom is 0.115 e. The van der Waals surface area contributed by atoms with Crippen molar-refractivity contribution in [3.05, 3.63) is 42.5 Å². The molecule has 0 saturated carbocycles. The van der Waals surface area contributed by atoms with Crippen molar-refractivity contribution in [2.24, 2.45) is 5.92 Å². The maximum absolute atomic E-state index is 9.16. The summed E-state index contributed by atoms with van der Waals surface area (Å²) in [6.45, 7) is 9.00. The lowest BCUT2D eigenvalue weighted by Crippen LogP contribution is -2.31. The van der Waals surface area contributed by atoms with Gasteiger partial charge in [0.15, 0.2) is 0 Å². The number of hydrogen-bond donors (Lipinski definition) is 2. The van der Waals surface area contributed by atoms with Crippen molar-refractivity contribution in [1.82, 2.24) is 5.32 Å². The highest BCUT2D eigenvalue weighted by atomic mass is 16.3. The molecular weight excluding hydrogens is 198 g/mol. The third-order valence-electron chi connectivity index (χ3n) is 2.96. The average Bonchev–Trinajstić information content (AvgIpc) is 2.28. The average molecular weight is 219 g/mol. The summed E-state index contributed by atoms with van der Waals surface area (Å²) in [6, 6.07) is 7.77. The van der Waals surface area contributed by atoms with E-state index in [0.717, 1.165) is 13.0 Å². The summed E-state index contributed by atoms with van der Waals surface area (Å²) >= 11 is 0. The van der Waals surface area contributed by atoms with Crippen LogP contribution in [0.3, 0.4) is 0 Å². The lowest BCUT2D eigenvalue weighted by Gasteiger charge is -2.20. The summed E-state index contributed by atoms with van der Waals surface area (Å²) in [5.74, 6) is 0.909. The number of phenols is 1. The summed E-state index contributed by atoms with van der Waals surface area (Å²) in [7, 11) is 0. The molecule has 2 nitrogen and oxygen atoms in total. The molecule has 0 amide bonds. The molecule has 1 aromatic carbocycles. The van der Waals surface area contributed by atoms with E-state index >= 15 is 0 Å². The molecule has 0 bridgehead atoms. The van der Waals surface area contributed by atoms with E-state index in [9.17, 15) is 0 Å². The Balaban J connectivity index is 2.39. The molecule has 16 heavy (non-hydrogen) atoms. The van der Waals surface area contributed by atoms with Gasteiger partial charge >= 0.3 is 0 Å². The number of rotatable bonds is 6. The smallest absolute Gasteiger partial charge is 0.115 e. The standard InChI is InChI=1S/C14H21NO/c1-4-5-11(2)12(3)15-10-13-6-8-14(16)9-7-13/h4,6-9,11-12,15-16H,1,5,10H2,2-3H3. The van der Waals surface area contributed by atoms with Crippen LogP contribution in [0.2, 0.25) is 0 Å². The predicted octanol–water partition coefficient (Wildman–Crippen LogP) is 3.08. The first-order valence-electron chi connectivity index (χ1n) is 5.75. The molecule has 0 aliphatic carbocycles. The molecule has 0 aromatic heterocycles. The minimum Gasteiger partial charge on any atom is -0.508 e. The van der Waals surface area contributed by atoms with Crippen LogP contribution in [0.1, 0.15) is 25.8 Å². The fraction of sp³-hybridized carbons (Fsp3) is 0.429. The van der Waals surface area contributed by atoms with Crippen LogP contribution in [-0.2, 0) is 6.54 Å². The number of nitrogens with one attached hydrogen (secondary N) is 1. The largest absolute Gasteiger partial charge is 0.508 e. The van der Waals surface area contributed by atoms with Gasteiger partial charge in [-0.25, -0.2) is 0 Å². The highest BCUT2D eigenvalue weighted by Gasteiger charge is 2.09. The van der Waals surface area contributed by atoms with Crippen LogP contribution in [0.5, 0.6) is 5.75 Å². The molecule has 0 saturated heterocycles. The van der Waals surface area contributed by atoms with E-state index < -0.39 is 0 Å². The summed E-state index contributed by atoms with van der Waals surface area (Å²) in [5.41, 5.74) is 1.19. The van der Waals surface area contributed by atoms with E-state index in [0.29, 0.717) is 17.7 Å². The Labute approximate surface area is 98.0 Å². The third-order valence-corrected chi connectivity index (χ3v) is 2.96. The second-order valence-electron chi connectivity index (χ2n) is 4.34. The molecule has 88 valence electrons. The summed E-state index contributed by atoms with van der Waals surface area (Å²) in [4.78, 5) is 0. The van der Waals surface area contributed by atoms with Crippen LogP contribution in [0, 0.1) is 5.92 Å². The molecule has 0 fully saturated rings. The topological polar surface area (TPSA) is 32.3 Å². The Kier molecular flexibility index (Phi) is 5.06. The lowest BCUT2D eigenvalue weighted by atomic mass is 10.00. The van der Waals surface area contributed by atoms with Gasteiger partial charge in [0, 0.05) is 12.6 Å². The van der Waals surface area contributed by atoms with Gasteiger partial charge in [-0.15, -0.1) is 6.58 Å². The fourth-order valence-electron chi connectivity index (χ4n) is 1.56. The Bertz CT molecular complexity index is 318. The first-order chi connectivity index (χ1) is 7.63. The van der Waals surface area contributed by atoms with Crippen molar-refractivity contribution in [2.45, 2.75) is 32.9 Å². The van der Waals surface area contributed by atoms with Gasteiger partial charge in [0.1, 0.15) is 5.75 Å². The van der Waals surface area contributed by atoms with Gasteiger partial charge in [-0.05, 0) is 37.0 Å². The second-order valence-corrected chi connectivity index (χ2v) is 4.34. The molecule has 2 atom stereocenters. The highest BCUT2D eigenvalue weighted by Crippen LogP contribution is 2.11. The number of phenolic OH excluding ortho intramolecular Hbond substituents is 1. The summed E-state index contributed by atoms with van der Waals surface area (Å²) in [6.07, 6.45) is 2.99. The Hall–Kier alpha value is -1.28. The first kappa shape index (κ1) is 12.8. The van der Waals surface area contributed by atoms with Crippen molar-refractivity contribution in [3.8, 4) is 5.75 Å². The molecule has 0 heterocycles. The van der Waals surface area contributed by atoms with E-state index in [-0.39, 0.29) is 0 Å². The van der Waals surface area contributed by atoms with Crippen LogP contribution in [0.4, 0.5) is 0 Å². The lowest BCUT2D eigenvalue weighted by molar-refractivity contribution is 0.402. The Morgan fingerprint density at radius 3 is 2.50 bits per heavy atom. The van der Waals surface area contributed by atoms with Crippen molar-refractivity contribution in [2.75, 3.05) is 0 Å². The first-order valence-corrected chi connectivity index (χ1v) is 5.75. The fourth-order valence-corrected chi connectivity index (χ4v) is 1.56. The van der Waals surface area contributed by atoms with Gasteiger partial charge < -0.3 is 10.4 Å². The molecule has 1 aromatic rings. The van der Waals surface area contributed by atoms with Gasteiger partial charge in [0.05, 0.1) is 0 Å². The minimum absolute atomic E-state index is 0.317. The molecule has 0 aliphatic rings. The third kappa shape index (κ3) is 4.07. The van der Waals surface area contributed by atoms with Gasteiger partial charge in [-0.1, -0.05) is 25.1 Å². The normalized spacial score (nSPS) is 14.4. The molecule has 0 spiro atoms. The number of hydrogen-bond acceptors (Lipinski definition) is 2. The quantitative estimate of drug-likeness (QED) is 0.721. The van der Waals surface area contributed by atoms with Crippen molar-refractivity contribution < 1.29 is 5.11 Å². The van der Waals surface area contributed by atoms with Gasteiger partial charge in [0.25, 0.3) is 0 Å². The highest BCUT2D eigenvalue weighted by molar-refractivity contribution is 5.25. The van der Waals surface area contributed by atoms with E-state index in [1.807, 2.05) is 18.2 Å². The van der Waals surface area contributed by atoms with E-state index in [4.69, 9.17) is 5.11 Å². The van der Waals surface area contributed by atoms with Crippen LogP contribution < -0.4 is 5.32 Å².